The van der Waals surface area contributed by atoms with Gasteiger partial charge < -0.3 is 10.3 Å². The topological polar surface area (TPSA) is 43.8 Å². The van der Waals surface area contributed by atoms with Gasteiger partial charge in [0.05, 0.1) is 18.1 Å². The van der Waals surface area contributed by atoms with E-state index in [0.29, 0.717) is 0 Å². The van der Waals surface area contributed by atoms with E-state index >= 15 is 0 Å². The molecule has 90 valence electrons. The minimum absolute atomic E-state index is 0.00500. The van der Waals surface area contributed by atoms with Crippen molar-refractivity contribution in [2.24, 2.45) is 5.73 Å². The fraction of sp³-hybridized carbons (Fsp3) is 0.357. The Morgan fingerprint density at radius 2 is 1.82 bits per heavy atom. The van der Waals surface area contributed by atoms with Gasteiger partial charge in [-0.25, -0.2) is 4.98 Å². The molecule has 0 bridgehead atoms. The highest BCUT2D eigenvalue weighted by Crippen LogP contribution is 2.22. The van der Waals surface area contributed by atoms with Crippen LogP contribution in [0.25, 0.3) is 0 Å². The predicted octanol–water partition coefficient (Wildman–Crippen LogP) is 2.82. The van der Waals surface area contributed by atoms with E-state index in [-0.39, 0.29) is 12.1 Å². The van der Waals surface area contributed by atoms with Crippen LogP contribution in [0.2, 0.25) is 0 Å². The molecular weight excluding hydrogens is 210 g/mol. The van der Waals surface area contributed by atoms with E-state index in [0.717, 1.165) is 5.69 Å². The average Bonchev–Trinajstić information content (AvgIpc) is 2.78. The van der Waals surface area contributed by atoms with Crippen LogP contribution in [0.5, 0.6) is 0 Å². The van der Waals surface area contributed by atoms with Crippen molar-refractivity contribution in [1.82, 2.24) is 9.55 Å². The zero-order chi connectivity index (χ0) is 12.4. The smallest absolute Gasteiger partial charge is 0.0954 e. The third-order valence-corrected chi connectivity index (χ3v) is 3.14. The summed E-state index contributed by atoms with van der Waals surface area (Å²) in [5.74, 6) is 0. The van der Waals surface area contributed by atoms with Gasteiger partial charge in [0.15, 0.2) is 0 Å². The molecule has 0 amide bonds. The van der Waals surface area contributed by atoms with E-state index in [2.05, 4.69) is 47.7 Å². The Bertz CT molecular complexity index is 482. The van der Waals surface area contributed by atoms with Crippen molar-refractivity contribution in [3.63, 3.8) is 0 Å². The summed E-state index contributed by atoms with van der Waals surface area (Å²) in [6.07, 6.45) is 3.69. The Morgan fingerprint density at radius 1 is 1.18 bits per heavy atom. The molecule has 2 N–H and O–H groups in total. The van der Waals surface area contributed by atoms with Crippen LogP contribution in [0.1, 0.15) is 42.8 Å². The van der Waals surface area contributed by atoms with E-state index in [4.69, 9.17) is 5.73 Å². The van der Waals surface area contributed by atoms with Gasteiger partial charge in [0.25, 0.3) is 0 Å². The maximum atomic E-state index is 5.94. The van der Waals surface area contributed by atoms with Crippen LogP contribution >= 0.6 is 0 Å². The monoisotopic (exact) mass is 229 g/mol. The Balaban J connectivity index is 2.33. The van der Waals surface area contributed by atoms with Gasteiger partial charge in [-0.3, -0.25) is 0 Å². The van der Waals surface area contributed by atoms with Crippen LogP contribution in [-0.2, 0) is 0 Å². The van der Waals surface area contributed by atoms with E-state index < -0.39 is 0 Å². The fourth-order valence-electron chi connectivity index (χ4n) is 2.00. The van der Waals surface area contributed by atoms with Crippen molar-refractivity contribution in [3.8, 4) is 0 Å². The Labute approximate surface area is 102 Å². The first-order valence-electron chi connectivity index (χ1n) is 5.93. The molecule has 0 aliphatic heterocycles. The first-order chi connectivity index (χ1) is 8.09. The lowest BCUT2D eigenvalue weighted by Crippen LogP contribution is -2.15. The van der Waals surface area contributed by atoms with Crippen LogP contribution in [0.15, 0.2) is 36.8 Å². The summed E-state index contributed by atoms with van der Waals surface area (Å²) in [6, 6.07) is 8.85. The summed E-state index contributed by atoms with van der Waals surface area (Å²) in [4.78, 5) is 4.19. The van der Waals surface area contributed by atoms with Crippen LogP contribution in [0.4, 0.5) is 0 Å². The molecule has 3 heteroatoms. The molecule has 0 saturated heterocycles. The number of hydrogen-bond donors (Lipinski definition) is 1. The molecule has 2 atom stereocenters. The van der Waals surface area contributed by atoms with Crippen LogP contribution < -0.4 is 5.73 Å². The average molecular weight is 229 g/mol. The molecule has 1 heterocycles. The third-order valence-electron chi connectivity index (χ3n) is 3.14. The van der Waals surface area contributed by atoms with Crippen LogP contribution in [0.3, 0.4) is 0 Å². The lowest BCUT2D eigenvalue weighted by molar-refractivity contribution is 0.582. The molecule has 1 unspecified atom stereocenters. The highest BCUT2D eigenvalue weighted by Gasteiger charge is 2.13. The van der Waals surface area contributed by atoms with E-state index in [1.165, 1.54) is 11.1 Å². The molecule has 0 aliphatic carbocycles. The molecule has 1 aromatic carbocycles. The molecule has 1 aromatic heterocycles. The van der Waals surface area contributed by atoms with Gasteiger partial charge >= 0.3 is 0 Å². The SMILES string of the molecule is Cc1ccc(C(C)n2cncc2[C@@H](C)N)cc1. The number of rotatable bonds is 3. The summed E-state index contributed by atoms with van der Waals surface area (Å²) in [6.45, 7) is 6.24. The van der Waals surface area contributed by atoms with Crippen molar-refractivity contribution in [2.75, 3.05) is 0 Å². The minimum atomic E-state index is 0.00500. The standard InChI is InChI=1S/C14H19N3/c1-10-4-6-13(7-5-10)12(3)17-9-16-8-14(17)11(2)15/h4-9,11-12H,15H2,1-3H3/t11-,12?/m1/s1. The molecule has 0 fully saturated rings. The molecule has 3 nitrogen and oxygen atoms in total. The Morgan fingerprint density at radius 3 is 2.41 bits per heavy atom. The molecule has 17 heavy (non-hydrogen) atoms. The summed E-state index contributed by atoms with van der Waals surface area (Å²) in [7, 11) is 0. The van der Waals surface area contributed by atoms with Crippen molar-refractivity contribution >= 4 is 0 Å². The highest BCUT2D eigenvalue weighted by atomic mass is 15.1. The zero-order valence-corrected chi connectivity index (χ0v) is 10.6. The molecule has 0 spiro atoms. The maximum Gasteiger partial charge on any atom is 0.0954 e. The first kappa shape index (κ1) is 11.9. The predicted molar refractivity (Wildman–Crippen MR) is 69.8 cm³/mol. The van der Waals surface area contributed by atoms with Gasteiger partial charge in [0, 0.05) is 12.2 Å². The lowest BCUT2D eigenvalue weighted by Gasteiger charge is -2.18. The molecule has 2 aromatic rings. The van der Waals surface area contributed by atoms with Gasteiger partial charge in [-0.1, -0.05) is 29.8 Å². The van der Waals surface area contributed by atoms with Gasteiger partial charge in [0.1, 0.15) is 0 Å². The van der Waals surface area contributed by atoms with E-state index in [1.807, 2.05) is 19.4 Å². The van der Waals surface area contributed by atoms with Crippen molar-refractivity contribution in [2.45, 2.75) is 32.9 Å². The minimum Gasteiger partial charge on any atom is -0.326 e. The Kier molecular flexibility index (Phi) is 3.29. The molecule has 0 radical (unpaired) electrons. The van der Waals surface area contributed by atoms with Gasteiger partial charge in [-0.05, 0) is 26.3 Å². The first-order valence-corrected chi connectivity index (χ1v) is 5.93. The molecule has 0 saturated carbocycles. The second-order valence-corrected chi connectivity index (χ2v) is 4.60. The van der Waals surface area contributed by atoms with Crippen molar-refractivity contribution < 1.29 is 0 Å². The number of hydrogen-bond acceptors (Lipinski definition) is 2. The largest absolute Gasteiger partial charge is 0.326 e. The van der Waals surface area contributed by atoms with Crippen LogP contribution in [-0.4, -0.2) is 9.55 Å². The second-order valence-electron chi connectivity index (χ2n) is 4.60. The molecule has 0 aliphatic rings. The van der Waals surface area contributed by atoms with Gasteiger partial charge in [-0.2, -0.15) is 0 Å². The van der Waals surface area contributed by atoms with Crippen LogP contribution in [0, 0.1) is 6.92 Å². The highest BCUT2D eigenvalue weighted by molar-refractivity contribution is 5.25. The van der Waals surface area contributed by atoms with Crippen molar-refractivity contribution in [1.29, 1.82) is 0 Å². The van der Waals surface area contributed by atoms with Gasteiger partial charge in [-0.15, -0.1) is 0 Å². The summed E-state index contributed by atoms with van der Waals surface area (Å²) in [5.41, 5.74) is 9.56. The maximum absolute atomic E-state index is 5.94. The van der Waals surface area contributed by atoms with Crippen molar-refractivity contribution in [3.05, 3.63) is 53.6 Å². The summed E-state index contributed by atoms with van der Waals surface area (Å²) in [5, 5.41) is 0. The molecule has 2 rings (SSSR count). The summed E-state index contributed by atoms with van der Waals surface area (Å²) >= 11 is 0. The van der Waals surface area contributed by atoms with E-state index in [9.17, 15) is 0 Å². The number of imidazole rings is 1. The summed E-state index contributed by atoms with van der Waals surface area (Å²) < 4.78 is 2.13. The number of aromatic nitrogens is 2. The molecular formula is C14H19N3. The van der Waals surface area contributed by atoms with Gasteiger partial charge in [0.2, 0.25) is 0 Å². The quantitative estimate of drug-likeness (QED) is 0.879. The number of nitrogens with two attached hydrogens (primary N) is 1. The Hall–Kier alpha value is -1.61. The number of aryl methyl sites for hydroxylation is 1. The third kappa shape index (κ3) is 2.39. The number of nitrogens with zero attached hydrogens (tertiary/aromatic N) is 2. The second kappa shape index (κ2) is 4.72. The zero-order valence-electron chi connectivity index (χ0n) is 10.6. The lowest BCUT2D eigenvalue weighted by atomic mass is 10.1. The fourth-order valence-corrected chi connectivity index (χ4v) is 2.00. The van der Waals surface area contributed by atoms with E-state index in [1.54, 1.807) is 0 Å². The normalized spacial score (nSPS) is 14.6. The number of benzene rings is 1.